The van der Waals surface area contributed by atoms with E-state index in [0.717, 1.165) is 0 Å². The van der Waals surface area contributed by atoms with Crippen molar-refractivity contribution in [3.63, 3.8) is 0 Å². The van der Waals surface area contributed by atoms with Crippen LogP contribution in [0.15, 0.2) is 42.3 Å². The van der Waals surface area contributed by atoms with Crippen LogP contribution in [0.3, 0.4) is 0 Å². The van der Waals surface area contributed by atoms with Crippen molar-refractivity contribution in [3.05, 3.63) is 42.3 Å². The molecule has 1 aromatic rings. The average Bonchev–Trinajstić information content (AvgIpc) is 3.32. The number of benzene rings is 1. The molecule has 4 atom stereocenters. The molecule has 31 heavy (non-hydrogen) atoms. The summed E-state index contributed by atoms with van der Waals surface area (Å²) in [7, 11) is 1.70. The molecule has 3 rings (SSSR count). The van der Waals surface area contributed by atoms with Gasteiger partial charge in [-0.3, -0.25) is 14.4 Å². The second-order valence-corrected chi connectivity index (χ2v) is 8.45. The third kappa shape index (κ3) is 4.74. The Morgan fingerprint density at radius 1 is 1.13 bits per heavy atom. The molecular formula is C23H32N4O4. The van der Waals surface area contributed by atoms with Crippen LogP contribution in [0.25, 0.3) is 0 Å². The summed E-state index contributed by atoms with van der Waals surface area (Å²) >= 11 is 0. The lowest BCUT2D eigenvalue weighted by atomic mass is 10.0. The normalized spacial score (nSPS) is 22.1. The number of hydrogen-bond acceptors (Lipinski definition) is 5. The summed E-state index contributed by atoms with van der Waals surface area (Å²) in [5.41, 5.74) is 0. The van der Waals surface area contributed by atoms with Gasteiger partial charge in [0.2, 0.25) is 17.7 Å². The summed E-state index contributed by atoms with van der Waals surface area (Å²) in [6, 6.07) is 7.70. The third-order valence-corrected chi connectivity index (χ3v) is 5.96. The lowest BCUT2D eigenvalue weighted by Gasteiger charge is -2.32. The van der Waals surface area contributed by atoms with E-state index in [0.29, 0.717) is 24.5 Å². The molecule has 2 aliphatic rings. The van der Waals surface area contributed by atoms with Crippen LogP contribution in [0.2, 0.25) is 0 Å². The molecule has 8 nitrogen and oxygen atoms in total. The smallest absolute Gasteiger partial charge is 0.246 e. The molecule has 0 spiro atoms. The van der Waals surface area contributed by atoms with Crippen molar-refractivity contribution in [2.24, 2.45) is 5.92 Å². The van der Waals surface area contributed by atoms with Gasteiger partial charge in [0.25, 0.3) is 0 Å². The molecule has 2 aliphatic heterocycles. The van der Waals surface area contributed by atoms with Gasteiger partial charge in [-0.1, -0.05) is 32.0 Å². The zero-order valence-corrected chi connectivity index (χ0v) is 18.8. The minimum absolute atomic E-state index is 0.0903. The lowest BCUT2D eigenvalue weighted by Crippen LogP contribution is -2.56. The van der Waals surface area contributed by atoms with Gasteiger partial charge in [0.15, 0.2) is 0 Å². The highest BCUT2D eigenvalue weighted by Gasteiger charge is 2.49. The molecule has 0 saturated carbocycles. The van der Waals surface area contributed by atoms with E-state index in [9.17, 15) is 14.4 Å². The van der Waals surface area contributed by atoms with Crippen LogP contribution in [0, 0.1) is 5.92 Å². The van der Waals surface area contributed by atoms with Gasteiger partial charge in [-0.05, 0) is 38.4 Å². The Labute approximate surface area is 183 Å². The average molecular weight is 429 g/mol. The van der Waals surface area contributed by atoms with Crippen LogP contribution in [-0.4, -0.2) is 65.3 Å². The van der Waals surface area contributed by atoms with Crippen molar-refractivity contribution in [1.29, 1.82) is 0 Å². The van der Waals surface area contributed by atoms with Gasteiger partial charge in [0, 0.05) is 19.7 Å². The summed E-state index contributed by atoms with van der Waals surface area (Å²) in [6.45, 7) is 7.58. The number of nitrogens with one attached hydrogen (secondary N) is 2. The second kappa shape index (κ2) is 9.51. The number of rotatable bonds is 7. The topological polar surface area (TPSA) is 91.0 Å². The Hall–Kier alpha value is -2.87. The highest BCUT2D eigenvalue weighted by molar-refractivity contribution is 5.90. The molecule has 8 heteroatoms. The number of amides is 3. The Morgan fingerprint density at radius 3 is 2.39 bits per heavy atom. The number of carbonyl (C=O) groups excluding carboxylic acids is 3. The van der Waals surface area contributed by atoms with Crippen LogP contribution < -0.4 is 15.4 Å². The number of likely N-dealkylation sites (tertiary alicyclic amines) is 1. The van der Waals surface area contributed by atoms with Crippen LogP contribution in [-0.2, 0) is 14.4 Å². The number of hydrogen-bond donors (Lipinski definition) is 2. The highest BCUT2D eigenvalue weighted by Crippen LogP contribution is 2.36. The van der Waals surface area contributed by atoms with Crippen molar-refractivity contribution < 1.29 is 19.1 Å². The quantitative estimate of drug-likeness (QED) is 0.687. The number of carbonyl (C=O) groups is 3. The first-order valence-corrected chi connectivity index (χ1v) is 10.8. The van der Waals surface area contributed by atoms with Gasteiger partial charge < -0.3 is 25.2 Å². The highest BCUT2D eigenvalue weighted by atomic mass is 16.5. The number of para-hydroxylation sites is 1. The van der Waals surface area contributed by atoms with E-state index < -0.39 is 12.1 Å². The Bertz CT molecular complexity index is 854. The zero-order valence-electron chi connectivity index (χ0n) is 18.8. The van der Waals surface area contributed by atoms with Gasteiger partial charge in [-0.25, -0.2) is 0 Å². The molecule has 0 aromatic heterocycles. The van der Waals surface area contributed by atoms with Gasteiger partial charge in [-0.2, -0.15) is 0 Å². The van der Waals surface area contributed by atoms with E-state index in [4.69, 9.17) is 4.74 Å². The van der Waals surface area contributed by atoms with Crippen molar-refractivity contribution in [2.75, 3.05) is 13.6 Å². The lowest BCUT2D eigenvalue weighted by molar-refractivity contribution is -0.139. The summed E-state index contributed by atoms with van der Waals surface area (Å²) < 4.78 is 6.10. The van der Waals surface area contributed by atoms with E-state index in [2.05, 4.69) is 10.6 Å². The molecule has 2 heterocycles. The van der Waals surface area contributed by atoms with E-state index in [1.165, 1.54) is 6.92 Å². The first-order chi connectivity index (χ1) is 14.7. The number of ether oxygens (including phenoxy) is 1. The third-order valence-electron chi connectivity index (χ3n) is 5.96. The van der Waals surface area contributed by atoms with E-state index >= 15 is 0 Å². The SMILES string of the molecule is CNC(C)C(=O)NC(C(=O)N1CCC2C1C(Oc1ccccc1)=CN2C(C)=O)C(C)C. The molecule has 0 bridgehead atoms. The van der Waals surface area contributed by atoms with E-state index in [1.54, 1.807) is 30.0 Å². The van der Waals surface area contributed by atoms with Crippen LogP contribution >= 0.6 is 0 Å². The molecule has 0 radical (unpaired) electrons. The van der Waals surface area contributed by atoms with Crippen molar-refractivity contribution >= 4 is 17.7 Å². The number of nitrogens with zero attached hydrogens (tertiary/aromatic N) is 2. The zero-order chi connectivity index (χ0) is 22.7. The largest absolute Gasteiger partial charge is 0.458 e. The minimum Gasteiger partial charge on any atom is -0.458 e. The summed E-state index contributed by atoms with van der Waals surface area (Å²) in [4.78, 5) is 41.6. The Morgan fingerprint density at radius 2 is 1.81 bits per heavy atom. The molecule has 3 amide bonds. The summed E-state index contributed by atoms with van der Waals surface area (Å²) in [5, 5.41) is 5.79. The van der Waals surface area contributed by atoms with Gasteiger partial charge >= 0.3 is 0 Å². The van der Waals surface area contributed by atoms with Crippen LogP contribution in [0.1, 0.15) is 34.1 Å². The predicted molar refractivity (Wildman–Crippen MR) is 117 cm³/mol. The molecular weight excluding hydrogens is 396 g/mol. The molecule has 0 aliphatic carbocycles. The number of fused-ring (bicyclic) bond motifs is 1. The fraction of sp³-hybridized carbons (Fsp3) is 0.522. The maximum absolute atomic E-state index is 13.6. The fourth-order valence-electron chi connectivity index (χ4n) is 4.10. The van der Waals surface area contributed by atoms with Crippen molar-refractivity contribution in [1.82, 2.24) is 20.4 Å². The van der Waals surface area contributed by atoms with Gasteiger partial charge in [-0.15, -0.1) is 0 Å². The van der Waals surface area contributed by atoms with Crippen molar-refractivity contribution in [3.8, 4) is 5.75 Å². The second-order valence-electron chi connectivity index (χ2n) is 8.45. The summed E-state index contributed by atoms with van der Waals surface area (Å²) in [6.07, 6.45) is 2.36. The van der Waals surface area contributed by atoms with Crippen LogP contribution in [0.5, 0.6) is 5.75 Å². The standard InChI is InChI=1S/C23H32N4O4/c1-14(2)20(25-22(29)15(3)24-5)23(30)26-12-11-18-21(26)19(13-27(18)16(4)28)31-17-9-7-6-8-10-17/h6-10,13-15,18,20-21,24H,11-12H2,1-5H3,(H,25,29). The molecule has 2 N–H and O–H groups in total. The first-order valence-electron chi connectivity index (χ1n) is 10.8. The predicted octanol–water partition coefficient (Wildman–Crippen LogP) is 1.49. The maximum Gasteiger partial charge on any atom is 0.246 e. The molecule has 4 unspecified atom stereocenters. The molecule has 1 saturated heterocycles. The first kappa shape index (κ1) is 22.8. The molecule has 1 fully saturated rings. The van der Waals surface area contributed by atoms with Gasteiger partial charge in [0.1, 0.15) is 23.6 Å². The maximum atomic E-state index is 13.6. The van der Waals surface area contributed by atoms with Gasteiger partial charge in [0.05, 0.1) is 12.1 Å². The Balaban J connectivity index is 1.85. The van der Waals surface area contributed by atoms with E-state index in [-0.39, 0.29) is 35.7 Å². The molecule has 168 valence electrons. The number of likely N-dealkylation sites (N-methyl/N-ethyl adjacent to an activating group) is 1. The minimum atomic E-state index is -0.661. The fourth-order valence-corrected chi connectivity index (χ4v) is 4.10. The molecule has 1 aromatic carbocycles. The van der Waals surface area contributed by atoms with E-state index in [1.807, 2.05) is 44.2 Å². The van der Waals surface area contributed by atoms with Crippen LogP contribution in [0.4, 0.5) is 0 Å². The summed E-state index contributed by atoms with van der Waals surface area (Å²) in [5.74, 6) is 0.647. The van der Waals surface area contributed by atoms with Crippen molar-refractivity contribution in [2.45, 2.75) is 58.3 Å². The Kier molecular flexibility index (Phi) is 7.00. The monoisotopic (exact) mass is 428 g/mol.